The molecule has 0 radical (unpaired) electrons. The van der Waals surface area contributed by atoms with Gasteiger partial charge >= 0.3 is 6.09 Å². The number of nitrogens with zero attached hydrogens (tertiary/aromatic N) is 1. The normalized spacial score (nSPS) is 16.6. The van der Waals surface area contributed by atoms with Crippen LogP contribution < -0.4 is 0 Å². The van der Waals surface area contributed by atoms with Crippen molar-refractivity contribution in [1.82, 2.24) is 4.90 Å². The maximum absolute atomic E-state index is 13.8. The van der Waals surface area contributed by atoms with Crippen molar-refractivity contribution in [3.8, 4) is 0 Å². The van der Waals surface area contributed by atoms with Gasteiger partial charge in [0.15, 0.2) is 0 Å². The second kappa shape index (κ2) is 9.60. The molecule has 5 nitrogen and oxygen atoms in total. The van der Waals surface area contributed by atoms with E-state index in [4.69, 9.17) is 4.74 Å². The Kier molecular flexibility index (Phi) is 6.45. The standard InChI is InChI=1S/C27H25NO4/c1-19(29)24(25(21-13-7-3-8-14-21)22-15-9-4-10-16-22)26(30)28-23(18-32-27(28)31)17-20-11-5-2-6-12-20/h2-16,23-25H,17-18H2,1H3/t23-,24-/m0/s1. The molecule has 5 heteroatoms. The fourth-order valence-electron chi connectivity index (χ4n) is 4.37. The number of cyclic esters (lactones) is 1. The van der Waals surface area contributed by atoms with Crippen molar-refractivity contribution in [1.29, 1.82) is 0 Å². The van der Waals surface area contributed by atoms with Crippen molar-refractivity contribution in [3.05, 3.63) is 108 Å². The van der Waals surface area contributed by atoms with Gasteiger partial charge in [-0.1, -0.05) is 91.0 Å². The van der Waals surface area contributed by atoms with Gasteiger partial charge < -0.3 is 4.74 Å². The Bertz CT molecular complexity index is 1040. The van der Waals surface area contributed by atoms with Gasteiger partial charge in [0.25, 0.3) is 0 Å². The molecule has 32 heavy (non-hydrogen) atoms. The van der Waals surface area contributed by atoms with Crippen LogP contribution in [0.3, 0.4) is 0 Å². The van der Waals surface area contributed by atoms with Crippen LogP contribution in [0.4, 0.5) is 4.79 Å². The Morgan fingerprint density at radius 2 is 1.38 bits per heavy atom. The molecule has 1 aliphatic heterocycles. The molecule has 1 fully saturated rings. The molecule has 0 aliphatic carbocycles. The Morgan fingerprint density at radius 1 is 0.875 bits per heavy atom. The summed E-state index contributed by atoms with van der Waals surface area (Å²) in [5.41, 5.74) is 2.69. The molecule has 0 unspecified atom stereocenters. The molecule has 2 atom stereocenters. The molecular formula is C27H25NO4. The number of carbonyl (C=O) groups excluding carboxylic acids is 3. The first kappa shape index (κ1) is 21.5. The molecule has 3 aromatic rings. The molecule has 0 bridgehead atoms. The lowest BCUT2D eigenvalue weighted by molar-refractivity contribution is -0.139. The average Bonchev–Trinajstić information content (AvgIpc) is 3.18. The van der Waals surface area contributed by atoms with E-state index in [-0.39, 0.29) is 12.4 Å². The third-order valence-electron chi connectivity index (χ3n) is 5.87. The summed E-state index contributed by atoms with van der Waals surface area (Å²) in [6, 6.07) is 28.1. The van der Waals surface area contributed by atoms with E-state index in [0.29, 0.717) is 6.42 Å². The van der Waals surface area contributed by atoms with Gasteiger partial charge in [-0.15, -0.1) is 0 Å². The van der Waals surface area contributed by atoms with Crippen LogP contribution in [0.15, 0.2) is 91.0 Å². The Morgan fingerprint density at radius 3 is 1.88 bits per heavy atom. The summed E-state index contributed by atoms with van der Waals surface area (Å²) in [4.78, 5) is 40.5. The molecule has 1 aliphatic rings. The van der Waals surface area contributed by atoms with Crippen LogP contribution in [0.5, 0.6) is 0 Å². The number of rotatable bonds is 7. The van der Waals surface area contributed by atoms with E-state index in [1.54, 1.807) is 0 Å². The second-order valence-electron chi connectivity index (χ2n) is 8.02. The summed E-state index contributed by atoms with van der Waals surface area (Å²) in [5, 5.41) is 0. The maximum Gasteiger partial charge on any atom is 0.417 e. The van der Waals surface area contributed by atoms with E-state index < -0.39 is 29.9 Å². The van der Waals surface area contributed by atoms with Crippen molar-refractivity contribution in [2.45, 2.75) is 25.3 Å². The number of hydrogen-bond donors (Lipinski definition) is 0. The highest BCUT2D eigenvalue weighted by molar-refractivity contribution is 6.07. The number of ketones is 1. The molecule has 162 valence electrons. The highest BCUT2D eigenvalue weighted by Gasteiger charge is 2.45. The Hall–Kier alpha value is -3.73. The summed E-state index contributed by atoms with van der Waals surface area (Å²) in [7, 11) is 0. The first-order valence-electron chi connectivity index (χ1n) is 10.7. The third-order valence-corrected chi connectivity index (χ3v) is 5.87. The molecular weight excluding hydrogens is 402 g/mol. The summed E-state index contributed by atoms with van der Waals surface area (Å²) in [5.74, 6) is -2.35. The lowest BCUT2D eigenvalue weighted by Gasteiger charge is -2.29. The predicted molar refractivity (Wildman–Crippen MR) is 121 cm³/mol. The zero-order valence-corrected chi connectivity index (χ0v) is 17.9. The second-order valence-corrected chi connectivity index (χ2v) is 8.02. The van der Waals surface area contributed by atoms with E-state index in [1.165, 1.54) is 6.92 Å². The molecule has 1 saturated heterocycles. The molecule has 0 N–H and O–H groups in total. The average molecular weight is 428 g/mol. The van der Waals surface area contributed by atoms with Crippen molar-refractivity contribution in [2.75, 3.05) is 6.61 Å². The smallest absolute Gasteiger partial charge is 0.417 e. The van der Waals surface area contributed by atoms with E-state index in [1.807, 2.05) is 91.0 Å². The zero-order valence-electron chi connectivity index (χ0n) is 17.9. The van der Waals surface area contributed by atoms with Gasteiger partial charge in [-0.05, 0) is 30.0 Å². The summed E-state index contributed by atoms with van der Waals surface area (Å²) < 4.78 is 5.25. The van der Waals surface area contributed by atoms with Crippen LogP contribution >= 0.6 is 0 Å². The highest BCUT2D eigenvalue weighted by Crippen LogP contribution is 2.35. The van der Waals surface area contributed by atoms with Gasteiger partial charge in [-0.25, -0.2) is 9.69 Å². The quantitative estimate of drug-likeness (QED) is 0.517. The lowest BCUT2D eigenvalue weighted by atomic mass is 9.78. The molecule has 0 saturated carbocycles. The number of benzene rings is 3. The van der Waals surface area contributed by atoms with Gasteiger partial charge in [-0.3, -0.25) is 9.59 Å². The van der Waals surface area contributed by atoms with Crippen molar-refractivity contribution < 1.29 is 19.1 Å². The topological polar surface area (TPSA) is 63.7 Å². The van der Waals surface area contributed by atoms with E-state index in [9.17, 15) is 14.4 Å². The molecule has 3 aromatic carbocycles. The van der Waals surface area contributed by atoms with E-state index >= 15 is 0 Å². The number of amides is 2. The van der Waals surface area contributed by atoms with Crippen molar-refractivity contribution in [3.63, 3.8) is 0 Å². The van der Waals surface area contributed by atoms with Crippen LogP contribution in [0, 0.1) is 5.92 Å². The number of imide groups is 1. The largest absolute Gasteiger partial charge is 0.447 e. The minimum Gasteiger partial charge on any atom is -0.447 e. The number of carbonyl (C=O) groups is 3. The minimum absolute atomic E-state index is 0.117. The summed E-state index contributed by atoms with van der Waals surface area (Å²) >= 11 is 0. The Balaban J connectivity index is 1.72. The van der Waals surface area contributed by atoms with E-state index in [2.05, 4.69) is 0 Å². The fourth-order valence-corrected chi connectivity index (χ4v) is 4.37. The van der Waals surface area contributed by atoms with Gasteiger partial charge in [0, 0.05) is 5.92 Å². The van der Waals surface area contributed by atoms with Crippen molar-refractivity contribution in [2.24, 2.45) is 5.92 Å². The van der Waals surface area contributed by atoms with Crippen LogP contribution in [-0.2, 0) is 20.7 Å². The van der Waals surface area contributed by atoms with Gasteiger partial charge in [0.1, 0.15) is 18.3 Å². The van der Waals surface area contributed by atoms with Gasteiger partial charge in [0.05, 0.1) is 6.04 Å². The highest BCUT2D eigenvalue weighted by atomic mass is 16.6. The lowest BCUT2D eigenvalue weighted by Crippen LogP contribution is -2.47. The summed E-state index contributed by atoms with van der Waals surface area (Å²) in [6.45, 7) is 1.53. The SMILES string of the molecule is CC(=O)[C@H](C(=O)N1C(=O)OC[C@@H]1Cc1ccccc1)C(c1ccccc1)c1ccccc1. The first-order valence-corrected chi connectivity index (χ1v) is 10.7. The minimum atomic E-state index is -1.04. The zero-order chi connectivity index (χ0) is 22.5. The monoisotopic (exact) mass is 427 g/mol. The van der Waals surface area contributed by atoms with Gasteiger partial charge in [-0.2, -0.15) is 0 Å². The third kappa shape index (κ3) is 4.47. The van der Waals surface area contributed by atoms with Crippen LogP contribution in [0.25, 0.3) is 0 Å². The Labute approximate surface area is 187 Å². The first-order chi connectivity index (χ1) is 15.6. The molecule has 0 spiro atoms. The maximum atomic E-state index is 13.8. The van der Waals surface area contributed by atoms with Gasteiger partial charge in [0.2, 0.25) is 5.91 Å². The number of hydrogen-bond acceptors (Lipinski definition) is 4. The van der Waals surface area contributed by atoms with Crippen molar-refractivity contribution >= 4 is 17.8 Å². The van der Waals surface area contributed by atoms with E-state index in [0.717, 1.165) is 21.6 Å². The predicted octanol–water partition coefficient (Wildman–Crippen LogP) is 4.61. The van der Waals surface area contributed by atoms with Crippen LogP contribution in [0.1, 0.15) is 29.5 Å². The fraction of sp³-hybridized carbons (Fsp3) is 0.222. The molecule has 0 aromatic heterocycles. The summed E-state index contributed by atoms with van der Waals surface area (Å²) in [6.07, 6.45) is -0.216. The molecule has 4 rings (SSSR count). The van der Waals surface area contributed by atoms with Crippen LogP contribution in [0.2, 0.25) is 0 Å². The molecule has 2 amide bonds. The molecule has 1 heterocycles. The number of Topliss-reactive ketones (excluding diaryl/α,β-unsaturated/α-hetero) is 1. The number of ether oxygens (including phenoxy) is 1. The van der Waals surface area contributed by atoms with Crippen LogP contribution in [-0.4, -0.2) is 35.3 Å².